The third-order valence-corrected chi connectivity index (χ3v) is 5.89. The molecule has 4 rings (SSSR count). The van der Waals surface area contributed by atoms with Crippen molar-refractivity contribution >= 4 is 5.97 Å². The summed E-state index contributed by atoms with van der Waals surface area (Å²) >= 11 is 0. The van der Waals surface area contributed by atoms with E-state index in [4.69, 9.17) is 19.4 Å². The van der Waals surface area contributed by atoms with E-state index in [1.54, 1.807) is 6.20 Å². The van der Waals surface area contributed by atoms with Gasteiger partial charge in [0.1, 0.15) is 6.61 Å². The second-order valence-electron chi connectivity index (χ2n) is 7.89. The molecule has 3 fully saturated rings. The number of halogens is 3. The van der Waals surface area contributed by atoms with E-state index >= 15 is 0 Å². The number of nitrogens with zero attached hydrogens (tertiary/aromatic N) is 3. The number of alkyl halides is 3. The number of carboxylic acid groups (broad SMARTS) is 1. The number of piperidine rings is 1. The maximum absolute atomic E-state index is 10.6. The van der Waals surface area contributed by atoms with Crippen molar-refractivity contribution in [1.82, 2.24) is 14.9 Å². The number of hydrogen-bond acceptors (Lipinski definition) is 6. The van der Waals surface area contributed by atoms with E-state index < -0.39 is 12.1 Å². The molecule has 7 nitrogen and oxygen atoms in total. The topological polar surface area (TPSA) is 84.8 Å². The van der Waals surface area contributed by atoms with Crippen molar-refractivity contribution < 1.29 is 32.5 Å². The van der Waals surface area contributed by atoms with Gasteiger partial charge in [-0.05, 0) is 38.7 Å². The fourth-order valence-corrected chi connectivity index (χ4v) is 4.06. The summed E-state index contributed by atoms with van der Waals surface area (Å²) < 4.78 is 43.7. The Bertz CT molecular complexity index is 714. The Kier molecular flexibility index (Phi) is 6.62. The summed E-state index contributed by atoms with van der Waals surface area (Å²) in [5, 5.41) is 7.12. The van der Waals surface area contributed by atoms with Gasteiger partial charge in [-0.3, -0.25) is 4.90 Å². The first-order chi connectivity index (χ1) is 13.7. The molecule has 0 spiro atoms. The lowest BCUT2D eigenvalue weighted by molar-refractivity contribution is -0.192. The maximum Gasteiger partial charge on any atom is 0.490 e. The van der Waals surface area contributed by atoms with Gasteiger partial charge in [-0.25, -0.2) is 14.8 Å². The number of carbonyl (C=O) groups is 1. The van der Waals surface area contributed by atoms with Crippen molar-refractivity contribution in [3.8, 4) is 6.01 Å². The van der Waals surface area contributed by atoms with Crippen LogP contribution in [-0.4, -0.2) is 70.6 Å². The normalized spacial score (nSPS) is 27.4. The van der Waals surface area contributed by atoms with Crippen LogP contribution in [0.4, 0.5) is 13.2 Å². The minimum Gasteiger partial charge on any atom is -0.475 e. The minimum absolute atomic E-state index is 0.126. The molecule has 29 heavy (non-hydrogen) atoms. The molecule has 0 bridgehead atoms. The molecule has 10 heteroatoms. The van der Waals surface area contributed by atoms with Gasteiger partial charge in [0.2, 0.25) is 0 Å². The molecule has 1 aromatic rings. The van der Waals surface area contributed by atoms with Gasteiger partial charge in [0.05, 0.1) is 6.10 Å². The van der Waals surface area contributed by atoms with E-state index in [-0.39, 0.29) is 5.41 Å². The number of aryl methyl sites for hydroxylation is 1. The Morgan fingerprint density at radius 2 is 2.14 bits per heavy atom. The van der Waals surface area contributed by atoms with Crippen molar-refractivity contribution in [2.45, 2.75) is 57.3 Å². The zero-order valence-corrected chi connectivity index (χ0v) is 16.3. The van der Waals surface area contributed by atoms with E-state index in [1.807, 2.05) is 13.0 Å². The van der Waals surface area contributed by atoms with Crippen molar-refractivity contribution in [2.24, 2.45) is 5.41 Å². The summed E-state index contributed by atoms with van der Waals surface area (Å²) in [6.45, 7) is 5.78. The van der Waals surface area contributed by atoms with Crippen LogP contribution in [0.3, 0.4) is 0 Å². The minimum atomic E-state index is -5.08. The van der Waals surface area contributed by atoms with E-state index in [1.165, 1.54) is 25.8 Å². The van der Waals surface area contributed by atoms with Crippen LogP contribution in [0.2, 0.25) is 0 Å². The number of rotatable bonds is 4. The Morgan fingerprint density at radius 1 is 1.41 bits per heavy atom. The molecule has 2 saturated heterocycles. The highest BCUT2D eigenvalue weighted by Crippen LogP contribution is 2.43. The molecule has 162 valence electrons. The van der Waals surface area contributed by atoms with E-state index in [0.29, 0.717) is 18.7 Å². The number of aromatic nitrogens is 2. The maximum atomic E-state index is 10.6. The van der Waals surface area contributed by atoms with Crippen molar-refractivity contribution in [3.05, 3.63) is 18.0 Å². The molecule has 1 N–H and O–H groups in total. The van der Waals surface area contributed by atoms with Crippen LogP contribution >= 0.6 is 0 Å². The van der Waals surface area contributed by atoms with Crippen LogP contribution in [0.25, 0.3) is 0 Å². The number of hydrogen-bond donors (Lipinski definition) is 1. The second-order valence-corrected chi connectivity index (χ2v) is 7.89. The lowest BCUT2D eigenvalue weighted by Gasteiger charge is -2.48. The first-order valence-electron chi connectivity index (χ1n) is 9.78. The number of carboxylic acids is 1. The molecular weight excluding hydrogens is 391 g/mol. The van der Waals surface area contributed by atoms with E-state index in [9.17, 15) is 13.2 Å². The molecule has 0 aromatic carbocycles. The van der Waals surface area contributed by atoms with Gasteiger partial charge >= 0.3 is 18.2 Å². The summed E-state index contributed by atoms with van der Waals surface area (Å²) in [6.07, 6.45) is 3.36. The summed E-state index contributed by atoms with van der Waals surface area (Å²) in [7, 11) is 0. The fraction of sp³-hybridized carbons (Fsp3) is 0.737. The van der Waals surface area contributed by atoms with Gasteiger partial charge < -0.3 is 14.6 Å². The first kappa shape index (κ1) is 21.8. The third kappa shape index (κ3) is 5.36. The fourth-order valence-electron chi connectivity index (χ4n) is 4.06. The monoisotopic (exact) mass is 417 g/mol. The molecule has 1 aromatic heterocycles. The summed E-state index contributed by atoms with van der Waals surface area (Å²) in [4.78, 5) is 20.2. The molecule has 0 unspecified atom stereocenters. The third-order valence-electron chi connectivity index (χ3n) is 5.89. The Morgan fingerprint density at radius 3 is 2.72 bits per heavy atom. The predicted octanol–water partition coefficient (Wildman–Crippen LogP) is 2.83. The lowest BCUT2D eigenvalue weighted by Crippen LogP contribution is -2.56. The molecule has 3 aliphatic rings. The highest BCUT2D eigenvalue weighted by molar-refractivity contribution is 5.73. The molecule has 0 radical (unpaired) electrons. The zero-order valence-electron chi connectivity index (χ0n) is 16.3. The van der Waals surface area contributed by atoms with Crippen LogP contribution in [0.1, 0.15) is 37.8 Å². The Hall–Kier alpha value is -1.94. The van der Waals surface area contributed by atoms with Crippen LogP contribution in [-0.2, 0) is 9.53 Å². The lowest BCUT2D eigenvalue weighted by atomic mass is 9.75. The first-order valence-corrected chi connectivity index (χ1v) is 9.78. The van der Waals surface area contributed by atoms with Crippen LogP contribution in [0.15, 0.2) is 12.3 Å². The van der Waals surface area contributed by atoms with Gasteiger partial charge in [0.15, 0.2) is 0 Å². The average molecular weight is 417 g/mol. The highest BCUT2D eigenvalue weighted by Gasteiger charge is 2.50. The number of likely N-dealkylation sites (tertiary alicyclic amines) is 1. The molecule has 2 aliphatic heterocycles. The summed E-state index contributed by atoms with van der Waals surface area (Å²) in [5.41, 5.74) is 1.07. The Labute approximate surface area is 167 Å². The largest absolute Gasteiger partial charge is 0.490 e. The average Bonchev–Trinajstić information content (AvgIpc) is 3.02. The standard InChI is InChI=1S/C17H25N3O2.C2HF3O2/c1-13-5-8-18-16(19-13)22-12-17-7-10-21-15(17)6-9-20(11-17)14-3-2-4-14;3-2(4,5)1(6)7/h5,8,14-15H,2-4,6-7,9-12H2,1H3;(H,6,7)/t15-,17+;/m1./s1. The van der Waals surface area contributed by atoms with Crippen molar-refractivity contribution in [1.29, 1.82) is 0 Å². The SMILES string of the molecule is Cc1ccnc(OC[C@@]23CCO[C@@H]2CCN(C2CCC2)C3)n1.O=C(O)C(F)(F)F. The van der Waals surface area contributed by atoms with Gasteiger partial charge in [0.25, 0.3) is 0 Å². The second kappa shape index (κ2) is 8.83. The van der Waals surface area contributed by atoms with E-state index in [2.05, 4.69) is 14.9 Å². The van der Waals surface area contributed by atoms with Crippen LogP contribution in [0, 0.1) is 12.3 Å². The van der Waals surface area contributed by atoms with Crippen molar-refractivity contribution in [3.63, 3.8) is 0 Å². The molecule has 1 saturated carbocycles. The van der Waals surface area contributed by atoms with E-state index in [0.717, 1.165) is 37.7 Å². The Balaban J connectivity index is 0.000000298. The molecule has 1 aliphatic carbocycles. The molecular formula is C19H26F3N3O4. The van der Waals surface area contributed by atoms with Gasteiger partial charge in [0, 0.05) is 43.0 Å². The summed E-state index contributed by atoms with van der Waals surface area (Å²) in [6, 6.07) is 3.19. The van der Waals surface area contributed by atoms with Crippen LogP contribution < -0.4 is 4.74 Å². The number of fused-ring (bicyclic) bond motifs is 1. The highest BCUT2D eigenvalue weighted by atomic mass is 19.4. The van der Waals surface area contributed by atoms with Gasteiger partial charge in [-0.15, -0.1) is 0 Å². The predicted molar refractivity (Wildman–Crippen MR) is 96.6 cm³/mol. The van der Waals surface area contributed by atoms with Gasteiger partial charge in [-0.1, -0.05) is 6.42 Å². The van der Waals surface area contributed by atoms with Crippen molar-refractivity contribution in [2.75, 3.05) is 26.3 Å². The molecule has 2 atom stereocenters. The number of aliphatic carboxylic acids is 1. The molecule has 3 heterocycles. The quantitative estimate of drug-likeness (QED) is 0.806. The molecule has 0 amide bonds. The zero-order chi connectivity index (χ0) is 21.1. The van der Waals surface area contributed by atoms with Crippen LogP contribution in [0.5, 0.6) is 6.01 Å². The number of ether oxygens (including phenoxy) is 2. The summed E-state index contributed by atoms with van der Waals surface area (Å²) in [5.74, 6) is -2.76. The smallest absolute Gasteiger partial charge is 0.475 e. The van der Waals surface area contributed by atoms with Gasteiger partial charge in [-0.2, -0.15) is 13.2 Å².